The number of ether oxygens (including phenoxy) is 1. The predicted molar refractivity (Wildman–Crippen MR) is 88.6 cm³/mol. The number of pyridine rings is 1. The van der Waals surface area contributed by atoms with Crippen LogP contribution in [0.3, 0.4) is 0 Å². The Balaban J connectivity index is 1.98. The van der Waals surface area contributed by atoms with Gasteiger partial charge < -0.3 is 4.74 Å². The van der Waals surface area contributed by atoms with E-state index in [1.165, 1.54) is 5.56 Å². The van der Waals surface area contributed by atoms with E-state index in [2.05, 4.69) is 10.2 Å². The number of hydrogen-bond acceptors (Lipinski definition) is 4. The molecule has 0 saturated carbocycles. The molecule has 4 rings (SSSR count). The van der Waals surface area contributed by atoms with Crippen LogP contribution in [0.25, 0.3) is 22.3 Å². The average Bonchev–Trinajstić information content (AvgIpc) is 2.95. The molecule has 0 unspecified atom stereocenters. The number of hydrogen-bond donors (Lipinski definition) is 2. The number of benzene rings is 1. The Hall–Kier alpha value is -2.21. The summed E-state index contributed by atoms with van der Waals surface area (Å²) in [5.74, 6) is 2.76. The lowest BCUT2D eigenvalue weighted by Crippen LogP contribution is -2.10. The third-order valence-electron chi connectivity index (χ3n) is 4.04. The summed E-state index contributed by atoms with van der Waals surface area (Å²) in [6.45, 7) is 0. The number of H-pyrrole nitrogens is 2. The van der Waals surface area contributed by atoms with Gasteiger partial charge in [0.15, 0.2) is 5.65 Å². The monoisotopic (exact) mass is 313 g/mol. The van der Waals surface area contributed by atoms with Crippen LogP contribution >= 0.6 is 11.8 Å². The lowest BCUT2D eigenvalue weighted by molar-refractivity contribution is 0.415. The molecule has 0 aliphatic carbocycles. The first-order valence-corrected chi connectivity index (χ1v) is 8.27. The van der Waals surface area contributed by atoms with Crippen LogP contribution in [-0.4, -0.2) is 28.0 Å². The molecular formula is C16H15N3O2S. The third-order valence-corrected chi connectivity index (χ3v) is 5.03. The lowest BCUT2D eigenvalue weighted by Gasteiger charge is -2.19. The molecule has 3 aromatic rings. The van der Waals surface area contributed by atoms with Crippen LogP contribution in [0.15, 0.2) is 29.1 Å². The zero-order chi connectivity index (χ0) is 15.1. The van der Waals surface area contributed by atoms with Crippen molar-refractivity contribution in [3.05, 3.63) is 45.7 Å². The van der Waals surface area contributed by atoms with Crippen LogP contribution in [0.4, 0.5) is 0 Å². The first-order valence-electron chi connectivity index (χ1n) is 7.12. The van der Waals surface area contributed by atoms with Crippen molar-refractivity contribution in [2.45, 2.75) is 12.2 Å². The van der Waals surface area contributed by atoms with Crippen LogP contribution in [0.1, 0.15) is 11.1 Å². The summed E-state index contributed by atoms with van der Waals surface area (Å²) in [5.41, 5.74) is 4.88. The molecule has 0 atom stereocenters. The van der Waals surface area contributed by atoms with Crippen LogP contribution in [0.5, 0.6) is 5.75 Å². The van der Waals surface area contributed by atoms with E-state index in [-0.39, 0.29) is 5.56 Å². The minimum Gasteiger partial charge on any atom is -0.497 e. The van der Waals surface area contributed by atoms with Gasteiger partial charge in [-0.3, -0.25) is 15.0 Å². The second-order valence-electron chi connectivity index (χ2n) is 5.25. The van der Waals surface area contributed by atoms with E-state index >= 15 is 0 Å². The van der Waals surface area contributed by atoms with E-state index in [0.717, 1.165) is 40.5 Å². The summed E-state index contributed by atoms with van der Waals surface area (Å²) in [7, 11) is 1.66. The van der Waals surface area contributed by atoms with E-state index in [4.69, 9.17) is 9.72 Å². The summed E-state index contributed by atoms with van der Waals surface area (Å²) in [4.78, 5) is 16.7. The minimum absolute atomic E-state index is 0.0769. The minimum atomic E-state index is -0.0769. The number of aromatic nitrogens is 3. The smallest absolute Gasteiger partial charge is 0.273 e. The number of methoxy groups -OCH3 is 1. The highest BCUT2D eigenvalue weighted by Crippen LogP contribution is 2.35. The molecule has 3 heterocycles. The second-order valence-corrected chi connectivity index (χ2v) is 6.36. The highest BCUT2D eigenvalue weighted by Gasteiger charge is 2.22. The quantitative estimate of drug-likeness (QED) is 0.763. The molecule has 2 N–H and O–H groups in total. The van der Waals surface area contributed by atoms with Gasteiger partial charge in [-0.2, -0.15) is 11.8 Å². The van der Waals surface area contributed by atoms with Crippen molar-refractivity contribution in [2.24, 2.45) is 0 Å². The predicted octanol–water partition coefficient (Wildman–Crippen LogP) is 2.72. The van der Waals surface area contributed by atoms with E-state index in [0.29, 0.717) is 11.0 Å². The Kier molecular flexibility index (Phi) is 3.18. The van der Waals surface area contributed by atoms with Gasteiger partial charge in [0.25, 0.3) is 5.56 Å². The molecule has 0 fully saturated rings. The summed E-state index contributed by atoms with van der Waals surface area (Å²) < 4.78 is 5.21. The first-order chi connectivity index (χ1) is 10.8. The van der Waals surface area contributed by atoms with Gasteiger partial charge in [0.05, 0.1) is 18.2 Å². The van der Waals surface area contributed by atoms with E-state index in [9.17, 15) is 4.79 Å². The molecular weight excluding hydrogens is 298 g/mol. The maximum atomic E-state index is 12.0. The number of nitrogens with one attached hydrogen (secondary N) is 2. The number of aromatic amines is 2. The maximum absolute atomic E-state index is 12.0. The number of fused-ring (bicyclic) bond motifs is 3. The number of rotatable bonds is 2. The summed E-state index contributed by atoms with van der Waals surface area (Å²) in [6, 6.07) is 7.89. The molecule has 1 aliphatic rings. The van der Waals surface area contributed by atoms with Gasteiger partial charge in [0.1, 0.15) is 5.75 Å². The molecule has 1 aliphatic heterocycles. The van der Waals surface area contributed by atoms with Crippen LogP contribution < -0.4 is 10.3 Å². The Labute approximate surface area is 131 Å². The Morgan fingerprint density at radius 1 is 1.18 bits per heavy atom. The third kappa shape index (κ3) is 2.02. The fourth-order valence-corrected chi connectivity index (χ4v) is 3.96. The molecule has 6 heteroatoms. The molecule has 2 aromatic heterocycles. The van der Waals surface area contributed by atoms with Crippen molar-refractivity contribution < 1.29 is 4.74 Å². The van der Waals surface area contributed by atoms with Crippen molar-refractivity contribution in [3.8, 4) is 17.0 Å². The molecule has 112 valence electrons. The Bertz CT molecular complexity index is 896. The maximum Gasteiger partial charge on any atom is 0.273 e. The highest BCUT2D eigenvalue weighted by molar-refractivity contribution is 7.98. The van der Waals surface area contributed by atoms with Crippen molar-refractivity contribution in [3.63, 3.8) is 0 Å². The highest BCUT2D eigenvalue weighted by atomic mass is 32.2. The zero-order valence-corrected chi connectivity index (χ0v) is 12.9. The van der Waals surface area contributed by atoms with Gasteiger partial charge in [-0.05, 0) is 47.6 Å². The topological polar surface area (TPSA) is 70.8 Å². The number of nitrogens with zero attached hydrogens (tertiary/aromatic N) is 1. The number of aryl methyl sites for hydroxylation is 1. The second kappa shape index (κ2) is 5.21. The fraction of sp³-hybridized carbons (Fsp3) is 0.250. The van der Waals surface area contributed by atoms with Gasteiger partial charge in [-0.25, -0.2) is 4.98 Å². The van der Waals surface area contributed by atoms with Crippen LogP contribution in [-0.2, 0) is 12.2 Å². The Morgan fingerprint density at radius 2 is 2.00 bits per heavy atom. The SMILES string of the molecule is COc1ccc(-c2nc3[nH][nH]c(=O)c3c3c2CSCC3)cc1. The molecule has 0 amide bonds. The van der Waals surface area contributed by atoms with Crippen LogP contribution in [0.2, 0.25) is 0 Å². The van der Waals surface area contributed by atoms with Crippen molar-refractivity contribution in [1.29, 1.82) is 0 Å². The van der Waals surface area contributed by atoms with Gasteiger partial charge >= 0.3 is 0 Å². The molecule has 0 radical (unpaired) electrons. The number of thioether (sulfide) groups is 1. The molecule has 22 heavy (non-hydrogen) atoms. The molecule has 1 aromatic carbocycles. The standard InChI is InChI=1S/C16H15N3O2S/c1-21-10-4-2-9(3-5-10)14-12-8-22-7-6-11(12)13-15(17-14)18-19-16(13)20/h2-5H,6-8H2,1H3,(H2,17,18,19,20). The fourth-order valence-electron chi connectivity index (χ4n) is 2.95. The zero-order valence-electron chi connectivity index (χ0n) is 12.1. The average molecular weight is 313 g/mol. The van der Waals surface area contributed by atoms with Crippen molar-refractivity contribution in [2.75, 3.05) is 12.9 Å². The summed E-state index contributed by atoms with van der Waals surface area (Å²) in [6.07, 6.45) is 0.906. The molecule has 0 saturated heterocycles. The molecule has 5 nitrogen and oxygen atoms in total. The van der Waals surface area contributed by atoms with Crippen molar-refractivity contribution in [1.82, 2.24) is 15.2 Å². The van der Waals surface area contributed by atoms with Gasteiger partial charge in [0.2, 0.25) is 0 Å². The Morgan fingerprint density at radius 3 is 2.77 bits per heavy atom. The van der Waals surface area contributed by atoms with Gasteiger partial charge in [-0.1, -0.05) is 0 Å². The van der Waals surface area contributed by atoms with Crippen molar-refractivity contribution >= 4 is 22.8 Å². The van der Waals surface area contributed by atoms with Gasteiger partial charge in [0, 0.05) is 11.3 Å². The normalized spacial score (nSPS) is 14.0. The summed E-state index contributed by atoms with van der Waals surface area (Å²) in [5, 5.41) is 6.26. The lowest BCUT2D eigenvalue weighted by atomic mass is 9.98. The first kappa shape index (κ1) is 13.5. The van der Waals surface area contributed by atoms with E-state index in [1.54, 1.807) is 7.11 Å². The molecule has 0 spiro atoms. The van der Waals surface area contributed by atoms with E-state index in [1.807, 2.05) is 36.0 Å². The molecule has 0 bridgehead atoms. The van der Waals surface area contributed by atoms with E-state index < -0.39 is 0 Å². The van der Waals surface area contributed by atoms with Gasteiger partial charge in [-0.15, -0.1) is 0 Å². The van der Waals surface area contributed by atoms with Crippen LogP contribution in [0, 0.1) is 0 Å². The largest absolute Gasteiger partial charge is 0.497 e. The summed E-state index contributed by atoms with van der Waals surface area (Å²) >= 11 is 1.88.